The first-order chi connectivity index (χ1) is 13.1. The number of hydrogen-bond donors (Lipinski definition) is 0. The molecule has 0 bridgehead atoms. The monoisotopic (exact) mass is 364 g/mol. The summed E-state index contributed by atoms with van der Waals surface area (Å²) in [7, 11) is 1.57. The fourth-order valence-corrected chi connectivity index (χ4v) is 3.91. The van der Waals surface area contributed by atoms with Crippen LogP contribution in [0.4, 0.5) is 0 Å². The lowest BCUT2D eigenvalue weighted by Gasteiger charge is -2.52. The van der Waals surface area contributed by atoms with E-state index in [9.17, 15) is 4.79 Å². The van der Waals surface area contributed by atoms with E-state index >= 15 is 0 Å². The second-order valence-electron chi connectivity index (χ2n) is 7.50. The van der Waals surface area contributed by atoms with Crippen molar-refractivity contribution in [3.63, 3.8) is 0 Å². The van der Waals surface area contributed by atoms with Gasteiger partial charge in [-0.1, -0.05) is 0 Å². The molecule has 2 aliphatic rings. The number of ether oxygens (including phenoxy) is 3. The molecule has 1 aliphatic carbocycles. The van der Waals surface area contributed by atoms with Gasteiger partial charge in [0, 0.05) is 17.0 Å². The van der Waals surface area contributed by atoms with Gasteiger partial charge in [0.25, 0.3) is 0 Å². The van der Waals surface area contributed by atoms with E-state index in [1.807, 2.05) is 24.3 Å². The molecule has 0 amide bonds. The Balaban J connectivity index is 1.36. The Morgan fingerprint density at radius 3 is 2.41 bits per heavy atom. The number of rotatable bonds is 4. The number of methoxy groups -OCH3 is 1. The van der Waals surface area contributed by atoms with Crippen LogP contribution < -0.4 is 14.9 Å². The molecule has 1 saturated carbocycles. The standard InChI is InChI=1S/C22H20O5/c1-24-16-6-7-20-18(8-16)19(23)9-21(27-20)14-2-4-15(5-3-14)26-17-10-22(11-17)12-25-13-22/h2-9,17H,10-13H2,1H3. The molecule has 1 aliphatic heterocycles. The van der Waals surface area contributed by atoms with Gasteiger partial charge in [0.1, 0.15) is 28.9 Å². The van der Waals surface area contributed by atoms with E-state index in [-0.39, 0.29) is 11.5 Å². The summed E-state index contributed by atoms with van der Waals surface area (Å²) >= 11 is 0. The number of fused-ring (bicyclic) bond motifs is 1. The van der Waals surface area contributed by atoms with Crippen molar-refractivity contribution in [1.82, 2.24) is 0 Å². The lowest BCUT2D eigenvalue weighted by Crippen LogP contribution is -2.56. The van der Waals surface area contributed by atoms with Crippen LogP contribution in [0.15, 0.2) is 57.7 Å². The third kappa shape index (κ3) is 2.88. The van der Waals surface area contributed by atoms with E-state index in [1.165, 1.54) is 6.07 Å². The summed E-state index contributed by atoms with van der Waals surface area (Å²) in [5, 5.41) is 0.511. The Kier molecular flexibility index (Phi) is 3.72. The van der Waals surface area contributed by atoms with Crippen LogP contribution in [0, 0.1) is 5.41 Å². The zero-order valence-electron chi connectivity index (χ0n) is 15.1. The van der Waals surface area contributed by atoms with Crippen LogP contribution in [0.1, 0.15) is 12.8 Å². The molecule has 0 unspecified atom stereocenters. The molecule has 1 spiro atoms. The molecule has 27 heavy (non-hydrogen) atoms. The van der Waals surface area contributed by atoms with Crippen molar-refractivity contribution in [3.8, 4) is 22.8 Å². The minimum absolute atomic E-state index is 0.0899. The molecule has 0 radical (unpaired) electrons. The molecule has 138 valence electrons. The van der Waals surface area contributed by atoms with Crippen molar-refractivity contribution < 1.29 is 18.6 Å². The molecule has 0 N–H and O–H groups in total. The lowest BCUT2D eigenvalue weighted by molar-refractivity contribution is -0.191. The SMILES string of the molecule is COc1ccc2oc(-c3ccc(OC4CC5(COC5)C4)cc3)cc(=O)c2c1. The predicted octanol–water partition coefficient (Wildman–Crippen LogP) is 4.03. The quantitative estimate of drug-likeness (QED) is 0.700. The molecule has 1 saturated heterocycles. The third-order valence-corrected chi connectivity index (χ3v) is 5.51. The minimum atomic E-state index is -0.0899. The van der Waals surface area contributed by atoms with Gasteiger partial charge in [0.2, 0.25) is 0 Å². The maximum Gasteiger partial charge on any atom is 0.193 e. The van der Waals surface area contributed by atoms with Crippen molar-refractivity contribution in [3.05, 3.63) is 58.8 Å². The van der Waals surface area contributed by atoms with Gasteiger partial charge >= 0.3 is 0 Å². The molecule has 2 aromatic carbocycles. The van der Waals surface area contributed by atoms with E-state index in [2.05, 4.69) is 0 Å². The van der Waals surface area contributed by atoms with Crippen LogP contribution in [0.25, 0.3) is 22.3 Å². The fraction of sp³-hybridized carbons (Fsp3) is 0.318. The normalized spacial score (nSPS) is 18.1. The highest BCUT2D eigenvalue weighted by molar-refractivity contribution is 5.80. The van der Waals surface area contributed by atoms with Crippen molar-refractivity contribution in [2.45, 2.75) is 18.9 Å². The Labute approximate surface area is 156 Å². The van der Waals surface area contributed by atoms with E-state index in [4.69, 9.17) is 18.6 Å². The first-order valence-corrected chi connectivity index (χ1v) is 9.11. The van der Waals surface area contributed by atoms with Gasteiger partial charge in [0.05, 0.1) is 25.7 Å². The van der Waals surface area contributed by atoms with Crippen molar-refractivity contribution in [2.24, 2.45) is 5.41 Å². The molecule has 0 atom stereocenters. The first-order valence-electron chi connectivity index (χ1n) is 9.11. The average molecular weight is 364 g/mol. The maximum atomic E-state index is 12.4. The smallest absolute Gasteiger partial charge is 0.193 e. The summed E-state index contributed by atoms with van der Waals surface area (Å²) in [5.41, 5.74) is 1.69. The van der Waals surface area contributed by atoms with Gasteiger partial charge in [-0.2, -0.15) is 0 Å². The van der Waals surface area contributed by atoms with Crippen molar-refractivity contribution in [1.29, 1.82) is 0 Å². The first kappa shape index (κ1) is 16.4. The van der Waals surface area contributed by atoms with Gasteiger partial charge in [-0.3, -0.25) is 4.79 Å². The summed E-state index contributed by atoms with van der Waals surface area (Å²) in [6.07, 6.45) is 2.41. The molecule has 5 heteroatoms. The van der Waals surface area contributed by atoms with E-state index in [0.29, 0.717) is 27.9 Å². The highest BCUT2D eigenvalue weighted by Gasteiger charge is 2.51. The fourth-order valence-electron chi connectivity index (χ4n) is 3.91. The van der Waals surface area contributed by atoms with Crippen LogP contribution in [0.3, 0.4) is 0 Å². The Morgan fingerprint density at radius 2 is 1.74 bits per heavy atom. The zero-order chi connectivity index (χ0) is 18.4. The predicted molar refractivity (Wildman–Crippen MR) is 101 cm³/mol. The minimum Gasteiger partial charge on any atom is -0.497 e. The second-order valence-corrected chi connectivity index (χ2v) is 7.50. The van der Waals surface area contributed by atoms with Crippen molar-refractivity contribution in [2.75, 3.05) is 20.3 Å². The van der Waals surface area contributed by atoms with Crippen LogP contribution in [-0.2, 0) is 4.74 Å². The van der Waals surface area contributed by atoms with Crippen LogP contribution in [-0.4, -0.2) is 26.4 Å². The third-order valence-electron chi connectivity index (χ3n) is 5.51. The summed E-state index contributed by atoms with van der Waals surface area (Å²) in [6.45, 7) is 1.75. The summed E-state index contributed by atoms with van der Waals surface area (Å²) in [6, 6.07) is 14.4. The highest BCUT2D eigenvalue weighted by Crippen LogP contribution is 2.48. The summed E-state index contributed by atoms with van der Waals surface area (Å²) < 4.78 is 22.4. The number of hydrogen-bond acceptors (Lipinski definition) is 5. The molecule has 3 aromatic rings. The summed E-state index contributed by atoms with van der Waals surface area (Å²) in [4.78, 5) is 12.4. The van der Waals surface area contributed by atoms with Gasteiger partial charge in [-0.25, -0.2) is 0 Å². The lowest BCUT2D eigenvalue weighted by atomic mass is 9.65. The maximum absolute atomic E-state index is 12.4. The second kappa shape index (κ2) is 6.13. The largest absolute Gasteiger partial charge is 0.497 e. The van der Waals surface area contributed by atoms with Crippen LogP contribution >= 0.6 is 0 Å². The van der Waals surface area contributed by atoms with E-state index in [1.54, 1.807) is 25.3 Å². The van der Waals surface area contributed by atoms with Crippen molar-refractivity contribution >= 4 is 11.0 Å². The topological polar surface area (TPSA) is 57.9 Å². The van der Waals surface area contributed by atoms with Crippen LogP contribution in [0.2, 0.25) is 0 Å². The molecule has 1 aromatic heterocycles. The molecular formula is C22H20O5. The Morgan fingerprint density at radius 1 is 1.00 bits per heavy atom. The zero-order valence-corrected chi connectivity index (χ0v) is 15.1. The summed E-state index contributed by atoms with van der Waals surface area (Å²) in [5.74, 6) is 2.01. The van der Waals surface area contributed by atoms with Gasteiger partial charge in [-0.05, 0) is 55.3 Å². The molecule has 2 heterocycles. The average Bonchev–Trinajstić information content (AvgIpc) is 2.63. The van der Waals surface area contributed by atoms with E-state index < -0.39 is 0 Å². The van der Waals surface area contributed by atoms with Gasteiger partial charge in [0.15, 0.2) is 5.43 Å². The molecular weight excluding hydrogens is 344 g/mol. The molecule has 5 rings (SSSR count). The Bertz CT molecular complexity index is 1040. The van der Waals surface area contributed by atoms with Gasteiger partial charge < -0.3 is 18.6 Å². The van der Waals surface area contributed by atoms with Crippen LogP contribution in [0.5, 0.6) is 11.5 Å². The highest BCUT2D eigenvalue weighted by atomic mass is 16.5. The van der Waals surface area contributed by atoms with Gasteiger partial charge in [-0.15, -0.1) is 0 Å². The molecule has 2 fully saturated rings. The Hall–Kier alpha value is -2.79. The number of benzene rings is 2. The van der Waals surface area contributed by atoms with E-state index in [0.717, 1.165) is 37.4 Å². The molecule has 5 nitrogen and oxygen atoms in total.